The Hall–Kier alpha value is -1.37. The molecule has 4 rings (SSSR count). The molecule has 1 aromatic heterocycles. The first kappa shape index (κ1) is 16.1. The molecule has 2 aliphatic rings. The maximum atomic E-state index is 6.03. The standard InChI is InChI=1S/C17H21ClN4OS/c1-2-19-17(22-12-8-11-4-5-14(12)23-11)20-9-16-21-13-7-10(18)3-6-15(13)24-16/h3,6-7,11-12,14H,2,4-5,8-9H2,1H3,(H2,19,20,22). The van der Waals surface area contributed by atoms with Crippen LogP contribution in [-0.2, 0) is 11.3 Å². The Morgan fingerprint density at radius 3 is 3.12 bits per heavy atom. The van der Waals surface area contributed by atoms with Gasteiger partial charge in [-0.15, -0.1) is 11.3 Å². The van der Waals surface area contributed by atoms with Gasteiger partial charge in [0.1, 0.15) is 5.01 Å². The molecule has 2 N–H and O–H groups in total. The molecular weight excluding hydrogens is 344 g/mol. The van der Waals surface area contributed by atoms with Crippen LogP contribution in [0.3, 0.4) is 0 Å². The summed E-state index contributed by atoms with van der Waals surface area (Å²) in [5.74, 6) is 0.843. The first-order valence-corrected chi connectivity index (χ1v) is 9.66. The van der Waals surface area contributed by atoms with Crippen LogP contribution in [0.25, 0.3) is 10.2 Å². The van der Waals surface area contributed by atoms with Crippen molar-refractivity contribution in [1.82, 2.24) is 15.6 Å². The number of nitrogens with one attached hydrogen (secondary N) is 2. The molecule has 5 nitrogen and oxygen atoms in total. The van der Waals surface area contributed by atoms with Crippen molar-refractivity contribution in [3.05, 3.63) is 28.2 Å². The summed E-state index contributed by atoms with van der Waals surface area (Å²) >= 11 is 7.69. The van der Waals surface area contributed by atoms with Gasteiger partial charge in [-0.2, -0.15) is 0 Å². The van der Waals surface area contributed by atoms with Crippen LogP contribution in [0.1, 0.15) is 31.2 Å². The zero-order valence-electron chi connectivity index (χ0n) is 13.6. The number of benzene rings is 1. The van der Waals surface area contributed by atoms with Crippen LogP contribution in [0, 0.1) is 0 Å². The molecule has 3 atom stereocenters. The summed E-state index contributed by atoms with van der Waals surface area (Å²) in [7, 11) is 0. The highest BCUT2D eigenvalue weighted by Crippen LogP contribution is 2.34. The third-order valence-corrected chi connectivity index (χ3v) is 5.79. The molecule has 2 bridgehead atoms. The van der Waals surface area contributed by atoms with E-state index in [0.29, 0.717) is 29.8 Å². The predicted octanol–water partition coefficient (Wildman–Crippen LogP) is 3.32. The fourth-order valence-corrected chi connectivity index (χ4v) is 4.49. The van der Waals surface area contributed by atoms with Crippen molar-refractivity contribution >= 4 is 39.1 Å². The summed E-state index contributed by atoms with van der Waals surface area (Å²) in [4.78, 5) is 9.32. The van der Waals surface area contributed by atoms with Crippen molar-refractivity contribution < 1.29 is 4.74 Å². The van der Waals surface area contributed by atoms with Crippen molar-refractivity contribution in [1.29, 1.82) is 0 Å². The number of aliphatic imine (C=N–C) groups is 1. The predicted molar refractivity (Wildman–Crippen MR) is 98.9 cm³/mol. The highest BCUT2D eigenvalue weighted by atomic mass is 35.5. The molecule has 7 heteroatoms. The molecule has 2 aromatic rings. The van der Waals surface area contributed by atoms with Gasteiger partial charge in [0.15, 0.2) is 5.96 Å². The zero-order valence-corrected chi connectivity index (χ0v) is 15.2. The lowest BCUT2D eigenvalue weighted by Crippen LogP contribution is -2.47. The van der Waals surface area contributed by atoms with Crippen molar-refractivity contribution in [2.75, 3.05) is 6.54 Å². The Labute approximate surface area is 150 Å². The van der Waals surface area contributed by atoms with Gasteiger partial charge in [0.25, 0.3) is 0 Å². The van der Waals surface area contributed by atoms with Gasteiger partial charge in [-0.3, -0.25) is 0 Å². The monoisotopic (exact) mass is 364 g/mol. The highest BCUT2D eigenvalue weighted by Gasteiger charge is 2.41. The number of halogens is 1. The van der Waals surface area contributed by atoms with Crippen molar-refractivity contribution in [3.8, 4) is 0 Å². The van der Waals surface area contributed by atoms with Crippen molar-refractivity contribution in [2.24, 2.45) is 4.99 Å². The number of hydrogen-bond acceptors (Lipinski definition) is 4. The Bertz CT molecular complexity index is 762. The second-order valence-corrected chi connectivity index (χ2v) is 7.83. The van der Waals surface area contributed by atoms with E-state index in [1.54, 1.807) is 11.3 Å². The van der Waals surface area contributed by atoms with E-state index in [4.69, 9.17) is 21.3 Å². The van der Waals surface area contributed by atoms with Crippen LogP contribution < -0.4 is 10.6 Å². The summed E-state index contributed by atoms with van der Waals surface area (Å²) in [5, 5.41) is 8.56. The minimum absolute atomic E-state index is 0.337. The van der Waals surface area contributed by atoms with Gasteiger partial charge >= 0.3 is 0 Å². The number of rotatable bonds is 4. The molecule has 24 heavy (non-hydrogen) atoms. The highest BCUT2D eigenvalue weighted by molar-refractivity contribution is 7.18. The van der Waals surface area contributed by atoms with Gasteiger partial charge in [-0.05, 0) is 44.4 Å². The van der Waals surface area contributed by atoms with E-state index in [1.165, 1.54) is 6.42 Å². The molecule has 128 valence electrons. The van der Waals surface area contributed by atoms with Crippen molar-refractivity contribution in [3.63, 3.8) is 0 Å². The summed E-state index contributed by atoms with van der Waals surface area (Å²) in [6, 6.07) is 6.18. The summed E-state index contributed by atoms with van der Waals surface area (Å²) in [5.41, 5.74) is 0.942. The lowest BCUT2D eigenvalue weighted by atomic mass is 9.96. The largest absolute Gasteiger partial charge is 0.373 e. The molecule has 0 amide bonds. The third kappa shape index (κ3) is 3.36. The minimum Gasteiger partial charge on any atom is -0.373 e. The first-order chi connectivity index (χ1) is 11.7. The molecule has 2 aliphatic heterocycles. The molecule has 0 saturated carbocycles. The molecule has 0 radical (unpaired) electrons. The van der Waals surface area contributed by atoms with Crippen LogP contribution in [0.15, 0.2) is 23.2 Å². The van der Waals surface area contributed by atoms with E-state index in [0.717, 1.165) is 40.6 Å². The lowest BCUT2D eigenvalue weighted by molar-refractivity contribution is 0.0992. The normalized spacial score (nSPS) is 26.2. The fourth-order valence-electron chi connectivity index (χ4n) is 3.45. The molecular formula is C17H21ClN4OS. The maximum Gasteiger partial charge on any atom is 0.191 e. The quantitative estimate of drug-likeness (QED) is 0.645. The second-order valence-electron chi connectivity index (χ2n) is 6.28. The van der Waals surface area contributed by atoms with E-state index in [1.807, 2.05) is 18.2 Å². The molecule has 2 saturated heterocycles. The average molecular weight is 365 g/mol. The van der Waals surface area contributed by atoms with Crippen LogP contribution in [0.4, 0.5) is 0 Å². The first-order valence-electron chi connectivity index (χ1n) is 8.46. The maximum absolute atomic E-state index is 6.03. The SMILES string of the molecule is CCNC(=NCc1nc2cc(Cl)ccc2s1)NC1CC2CCC1O2. The molecule has 1 aromatic carbocycles. The summed E-state index contributed by atoms with van der Waals surface area (Å²) in [6.07, 6.45) is 4.20. The van der Waals surface area contributed by atoms with Crippen LogP contribution >= 0.6 is 22.9 Å². The van der Waals surface area contributed by atoms with Gasteiger partial charge in [0.05, 0.1) is 35.0 Å². The van der Waals surface area contributed by atoms with E-state index in [9.17, 15) is 0 Å². The average Bonchev–Trinajstić information content (AvgIpc) is 3.27. The second kappa shape index (κ2) is 6.86. The van der Waals surface area contributed by atoms with Crippen molar-refractivity contribution in [2.45, 2.75) is 51.0 Å². The summed E-state index contributed by atoms with van der Waals surface area (Å²) in [6.45, 7) is 3.48. The van der Waals surface area contributed by atoms with E-state index < -0.39 is 0 Å². The Morgan fingerprint density at radius 1 is 1.46 bits per heavy atom. The van der Waals surface area contributed by atoms with Gasteiger partial charge in [0.2, 0.25) is 0 Å². The molecule has 3 heterocycles. The minimum atomic E-state index is 0.337. The Balaban J connectivity index is 1.45. The van der Waals surface area contributed by atoms with E-state index in [2.05, 4.69) is 22.5 Å². The topological polar surface area (TPSA) is 58.5 Å². The number of hydrogen-bond donors (Lipinski definition) is 2. The van der Waals surface area contributed by atoms with Gasteiger partial charge < -0.3 is 15.4 Å². The fraction of sp³-hybridized carbons (Fsp3) is 0.529. The number of fused-ring (bicyclic) bond motifs is 3. The number of ether oxygens (including phenoxy) is 1. The molecule has 2 fully saturated rings. The van der Waals surface area contributed by atoms with Gasteiger partial charge in [-0.1, -0.05) is 11.6 Å². The number of aromatic nitrogens is 1. The van der Waals surface area contributed by atoms with Gasteiger partial charge in [-0.25, -0.2) is 9.98 Å². The van der Waals surface area contributed by atoms with Crippen LogP contribution in [0.2, 0.25) is 5.02 Å². The molecule has 0 spiro atoms. The van der Waals surface area contributed by atoms with Crippen LogP contribution in [-0.4, -0.2) is 35.7 Å². The Morgan fingerprint density at radius 2 is 2.38 bits per heavy atom. The van der Waals surface area contributed by atoms with Crippen LogP contribution in [0.5, 0.6) is 0 Å². The Kier molecular flexibility index (Phi) is 4.61. The number of thiazole rings is 1. The van der Waals surface area contributed by atoms with E-state index >= 15 is 0 Å². The lowest BCUT2D eigenvalue weighted by Gasteiger charge is -2.22. The molecule has 3 unspecified atom stereocenters. The van der Waals surface area contributed by atoms with E-state index in [-0.39, 0.29) is 0 Å². The summed E-state index contributed by atoms with van der Waals surface area (Å²) < 4.78 is 7.05. The number of guanidine groups is 1. The molecule has 0 aliphatic carbocycles. The third-order valence-electron chi connectivity index (χ3n) is 4.54. The number of nitrogens with zero attached hydrogens (tertiary/aromatic N) is 2. The smallest absolute Gasteiger partial charge is 0.191 e. The zero-order chi connectivity index (χ0) is 16.5. The van der Waals surface area contributed by atoms with Gasteiger partial charge in [0, 0.05) is 11.6 Å².